The van der Waals surface area contributed by atoms with Gasteiger partial charge in [-0.15, -0.1) is 0 Å². The van der Waals surface area contributed by atoms with Crippen molar-refractivity contribution in [1.82, 2.24) is 15.2 Å². The van der Waals surface area contributed by atoms with Crippen LogP contribution in [0.4, 0.5) is 10.6 Å². The quantitative estimate of drug-likeness (QED) is 0.859. The summed E-state index contributed by atoms with van der Waals surface area (Å²) in [6.45, 7) is 6.81. The minimum atomic E-state index is -0.547. The summed E-state index contributed by atoms with van der Waals surface area (Å²) in [5.41, 5.74) is 0.403. The maximum absolute atomic E-state index is 12.8. The lowest BCUT2D eigenvalue weighted by Crippen LogP contribution is -2.55. The van der Waals surface area contributed by atoms with Crippen molar-refractivity contribution < 1.29 is 14.3 Å². The molecule has 1 aromatic heterocycles. The Morgan fingerprint density at radius 1 is 1.04 bits per heavy atom. The molecule has 2 heterocycles. The number of piperazine rings is 1. The fourth-order valence-electron chi connectivity index (χ4n) is 3.32. The van der Waals surface area contributed by atoms with Crippen molar-refractivity contribution in [2.45, 2.75) is 19.4 Å². The number of pyridine rings is 1. The van der Waals surface area contributed by atoms with E-state index in [4.69, 9.17) is 9.47 Å². The number of benzene rings is 1. The van der Waals surface area contributed by atoms with Gasteiger partial charge in [0.1, 0.15) is 5.82 Å². The first kappa shape index (κ1) is 19.8. The number of aromatic nitrogens is 1. The summed E-state index contributed by atoms with van der Waals surface area (Å²) in [6, 6.07) is 11.5. The zero-order valence-corrected chi connectivity index (χ0v) is 16.9. The van der Waals surface area contributed by atoms with Gasteiger partial charge in [0.15, 0.2) is 11.5 Å². The van der Waals surface area contributed by atoms with Crippen LogP contribution in [0.15, 0.2) is 42.6 Å². The maximum atomic E-state index is 12.8. The number of amides is 2. The van der Waals surface area contributed by atoms with E-state index in [0.717, 1.165) is 24.5 Å². The Morgan fingerprint density at radius 3 is 2.36 bits per heavy atom. The number of carbonyl (C=O) groups is 1. The average molecular weight is 384 g/mol. The molecule has 0 bridgehead atoms. The number of carbonyl (C=O) groups excluding carboxylic acids is 1. The van der Waals surface area contributed by atoms with Crippen LogP contribution in [0.25, 0.3) is 0 Å². The van der Waals surface area contributed by atoms with Gasteiger partial charge in [0, 0.05) is 32.4 Å². The number of hydrogen-bond acceptors (Lipinski definition) is 5. The van der Waals surface area contributed by atoms with Crippen molar-refractivity contribution in [2.75, 3.05) is 45.3 Å². The first-order valence-electron chi connectivity index (χ1n) is 9.40. The number of nitrogens with zero attached hydrogens (tertiary/aromatic N) is 3. The predicted octanol–water partition coefficient (Wildman–Crippen LogP) is 2.87. The molecule has 150 valence electrons. The summed E-state index contributed by atoms with van der Waals surface area (Å²) >= 11 is 0. The monoisotopic (exact) mass is 384 g/mol. The van der Waals surface area contributed by atoms with E-state index in [0.29, 0.717) is 24.6 Å². The number of rotatable bonds is 5. The van der Waals surface area contributed by atoms with Crippen molar-refractivity contribution in [3.05, 3.63) is 48.2 Å². The molecule has 28 heavy (non-hydrogen) atoms. The molecule has 3 rings (SSSR count). The summed E-state index contributed by atoms with van der Waals surface area (Å²) in [5.74, 6) is 2.26. The van der Waals surface area contributed by atoms with E-state index in [2.05, 4.69) is 15.2 Å². The zero-order chi connectivity index (χ0) is 20.1. The molecular formula is C21H28N4O3. The minimum Gasteiger partial charge on any atom is -0.493 e. The van der Waals surface area contributed by atoms with Gasteiger partial charge >= 0.3 is 6.03 Å². The number of ether oxygens (including phenoxy) is 2. The fourth-order valence-corrected chi connectivity index (χ4v) is 3.32. The van der Waals surface area contributed by atoms with E-state index >= 15 is 0 Å². The smallest absolute Gasteiger partial charge is 0.318 e. The van der Waals surface area contributed by atoms with Gasteiger partial charge in [-0.25, -0.2) is 9.78 Å². The molecule has 2 aromatic rings. The molecule has 0 unspecified atom stereocenters. The first-order valence-corrected chi connectivity index (χ1v) is 9.40. The molecule has 0 spiro atoms. The lowest BCUT2D eigenvalue weighted by molar-refractivity contribution is 0.183. The van der Waals surface area contributed by atoms with Gasteiger partial charge in [-0.3, -0.25) is 0 Å². The van der Waals surface area contributed by atoms with Crippen molar-refractivity contribution in [3.8, 4) is 11.5 Å². The van der Waals surface area contributed by atoms with E-state index in [1.165, 1.54) is 0 Å². The molecule has 0 radical (unpaired) electrons. The number of urea groups is 1. The van der Waals surface area contributed by atoms with Gasteiger partial charge in [-0.2, -0.15) is 0 Å². The molecule has 1 aliphatic heterocycles. The Morgan fingerprint density at radius 2 is 1.75 bits per heavy atom. The second-order valence-corrected chi connectivity index (χ2v) is 7.29. The standard InChI is InChI=1S/C21H28N4O3/c1-21(2,16-8-9-17(27-3)18(15-16)28-4)23-20(26)25-13-11-24(12-14-25)19-7-5-6-10-22-19/h5-10,15H,11-14H2,1-4H3,(H,23,26). The lowest BCUT2D eigenvalue weighted by atomic mass is 9.94. The van der Waals surface area contributed by atoms with Crippen LogP contribution in [0.1, 0.15) is 19.4 Å². The molecule has 1 aromatic carbocycles. The van der Waals surface area contributed by atoms with Crippen molar-refractivity contribution in [2.24, 2.45) is 0 Å². The summed E-state index contributed by atoms with van der Waals surface area (Å²) in [7, 11) is 3.21. The molecular weight excluding hydrogens is 356 g/mol. The summed E-state index contributed by atoms with van der Waals surface area (Å²) in [4.78, 5) is 21.3. The third-order valence-corrected chi connectivity index (χ3v) is 5.06. The lowest BCUT2D eigenvalue weighted by Gasteiger charge is -2.37. The summed E-state index contributed by atoms with van der Waals surface area (Å²) < 4.78 is 10.7. The fraction of sp³-hybridized carbons (Fsp3) is 0.429. The Balaban J connectivity index is 1.62. The molecule has 0 atom stereocenters. The highest BCUT2D eigenvalue weighted by Gasteiger charge is 2.28. The third kappa shape index (κ3) is 4.30. The second kappa shape index (κ2) is 8.37. The number of anilines is 1. The Hall–Kier alpha value is -2.96. The van der Waals surface area contributed by atoms with E-state index in [1.807, 2.05) is 55.1 Å². The number of hydrogen-bond donors (Lipinski definition) is 1. The second-order valence-electron chi connectivity index (χ2n) is 7.29. The normalized spacial score (nSPS) is 14.6. The maximum Gasteiger partial charge on any atom is 0.318 e. The van der Waals surface area contributed by atoms with Crippen LogP contribution in [0.5, 0.6) is 11.5 Å². The molecule has 1 fully saturated rings. The Bertz CT molecular complexity index is 803. The van der Waals surface area contributed by atoms with Crippen molar-refractivity contribution in [3.63, 3.8) is 0 Å². The van der Waals surface area contributed by atoms with Crippen LogP contribution < -0.4 is 19.7 Å². The molecule has 7 nitrogen and oxygen atoms in total. The van der Waals surface area contributed by atoms with E-state index < -0.39 is 5.54 Å². The Labute approximate surface area is 166 Å². The van der Waals surface area contributed by atoms with Gasteiger partial charge in [0.25, 0.3) is 0 Å². The summed E-state index contributed by atoms with van der Waals surface area (Å²) in [6.07, 6.45) is 1.79. The van der Waals surface area contributed by atoms with E-state index in [1.54, 1.807) is 20.4 Å². The molecule has 1 saturated heterocycles. The Kier molecular flexibility index (Phi) is 5.92. The zero-order valence-electron chi connectivity index (χ0n) is 16.9. The topological polar surface area (TPSA) is 66.9 Å². The molecule has 7 heteroatoms. The third-order valence-electron chi connectivity index (χ3n) is 5.06. The van der Waals surface area contributed by atoms with E-state index in [9.17, 15) is 4.79 Å². The molecule has 1 aliphatic rings. The molecule has 1 N–H and O–H groups in total. The van der Waals surface area contributed by atoms with Crippen LogP contribution in [-0.4, -0.2) is 56.3 Å². The van der Waals surface area contributed by atoms with Crippen LogP contribution in [0.2, 0.25) is 0 Å². The first-order chi connectivity index (χ1) is 13.4. The van der Waals surface area contributed by atoms with Gasteiger partial charge in [0.05, 0.1) is 19.8 Å². The van der Waals surface area contributed by atoms with Crippen molar-refractivity contribution in [1.29, 1.82) is 0 Å². The average Bonchev–Trinajstić information content (AvgIpc) is 2.73. The highest BCUT2D eigenvalue weighted by molar-refractivity contribution is 5.75. The largest absolute Gasteiger partial charge is 0.493 e. The van der Waals surface area contributed by atoms with Crippen LogP contribution in [0, 0.1) is 0 Å². The minimum absolute atomic E-state index is 0.0690. The van der Waals surface area contributed by atoms with Crippen LogP contribution in [-0.2, 0) is 5.54 Å². The highest BCUT2D eigenvalue weighted by Crippen LogP contribution is 2.32. The van der Waals surface area contributed by atoms with Crippen molar-refractivity contribution >= 4 is 11.8 Å². The van der Waals surface area contributed by atoms with Gasteiger partial charge in [-0.05, 0) is 43.7 Å². The van der Waals surface area contributed by atoms with E-state index in [-0.39, 0.29) is 6.03 Å². The van der Waals surface area contributed by atoms with Crippen LogP contribution in [0.3, 0.4) is 0 Å². The molecule has 0 saturated carbocycles. The van der Waals surface area contributed by atoms with Crippen LogP contribution >= 0.6 is 0 Å². The number of methoxy groups -OCH3 is 2. The van der Waals surface area contributed by atoms with Gasteiger partial charge < -0.3 is 24.6 Å². The number of nitrogens with one attached hydrogen (secondary N) is 1. The summed E-state index contributed by atoms with van der Waals surface area (Å²) in [5, 5.41) is 3.14. The molecule has 2 amide bonds. The molecule has 0 aliphatic carbocycles. The predicted molar refractivity (Wildman–Crippen MR) is 109 cm³/mol. The highest BCUT2D eigenvalue weighted by atomic mass is 16.5. The SMILES string of the molecule is COc1ccc(C(C)(C)NC(=O)N2CCN(c3ccccn3)CC2)cc1OC. The van der Waals surface area contributed by atoms with Gasteiger partial charge in [-0.1, -0.05) is 12.1 Å². The van der Waals surface area contributed by atoms with Gasteiger partial charge in [0.2, 0.25) is 0 Å².